The highest BCUT2D eigenvalue weighted by Crippen LogP contribution is 2.13. The van der Waals surface area contributed by atoms with Crippen LogP contribution in [-0.4, -0.2) is 47.8 Å². The van der Waals surface area contributed by atoms with Gasteiger partial charge in [0.2, 0.25) is 11.8 Å². The van der Waals surface area contributed by atoms with Gasteiger partial charge in [-0.15, -0.1) is 0 Å². The van der Waals surface area contributed by atoms with Gasteiger partial charge in [-0.3, -0.25) is 9.59 Å². The molecule has 0 radical (unpaired) electrons. The molecule has 0 aromatic carbocycles. The second-order valence-electron chi connectivity index (χ2n) is 8.50. The molecule has 4 nitrogen and oxygen atoms in total. The van der Waals surface area contributed by atoms with Crippen molar-refractivity contribution in [3.8, 4) is 0 Å². The van der Waals surface area contributed by atoms with E-state index in [1.807, 2.05) is 9.80 Å². The first-order valence-corrected chi connectivity index (χ1v) is 12.2. The van der Waals surface area contributed by atoms with Crippen molar-refractivity contribution in [1.82, 2.24) is 9.80 Å². The van der Waals surface area contributed by atoms with E-state index in [0.717, 1.165) is 51.9 Å². The van der Waals surface area contributed by atoms with Crippen molar-refractivity contribution in [3.05, 3.63) is 0 Å². The number of nitrogens with zero attached hydrogens (tertiary/aromatic N) is 2. The Hall–Kier alpha value is -1.06. The Kier molecular flexibility index (Phi) is 15.0. The maximum absolute atomic E-state index is 12.4. The monoisotopic (exact) mass is 394 g/mol. The third-order valence-electron chi connectivity index (χ3n) is 5.97. The first kappa shape index (κ1) is 25.0. The van der Waals surface area contributed by atoms with Crippen LogP contribution in [0.4, 0.5) is 0 Å². The minimum Gasteiger partial charge on any atom is -0.339 e. The summed E-state index contributed by atoms with van der Waals surface area (Å²) >= 11 is 0. The summed E-state index contributed by atoms with van der Waals surface area (Å²) in [6.07, 6.45) is 19.0. The Morgan fingerprint density at radius 3 is 1.18 bits per heavy atom. The summed E-state index contributed by atoms with van der Waals surface area (Å²) in [5.41, 5.74) is 0. The highest BCUT2D eigenvalue weighted by Gasteiger charge is 2.23. The topological polar surface area (TPSA) is 40.6 Å². The van der Waals surface area contributed by atoms with Crippen LogP contribution in [0.25, 0.3) is 0 Å². The largest absolute Gasteiger partial charge is 0.339 e. The molecule has 2 amide bonds. The van der Waals surface area contributed by atoms with Gasteiger partial charge in [0, 0.05) is 39.0 Å². The summed E-state index contributed by atoms with van der Waals surface area (Å²) in [7, 11) is 0. The molecule has 28 heavy (non-hydrogen) atoms. The Morgan fingerprint density at radius 1 is 0.500 bits per heavy atom. The number of piperazine rings is 1. The lowest BCUT2D eigenvalue weighted by Crippen LogP contribution is -2.50. The summed E-state index contributed by atoms with van der Waals surface area (Å²) in [5.74, 6) is 0.555. The molecule has 1 aliphatic rings. The molecule has 0 aliphatic carbocycles. The minimum atomic E-state index is 0.269. The van der Waals surface area contributed by atoms with Gasteiger partial charge in [-0.2, -0.15) is 0 Å². The van der Waals surface area contributed by atoms with Crippen molar-refractivity contribution >= 4 is 11.8 Å². The Bertz CT molecular complexity index is 403. The molecule has 0 spiro atoms. The number of carbonyl (C=O) groups is 2. The highest BCUT2D eigenvalue weighted by molar-refractivity contribution is 5.78. The van der Waals surface area contributed by atoms with Crippen molar-refractivity contribution in [3.63, 3.8) is 0 Å². The molecule has 0 aromatic rings. The Labute approximate surface area is 174 Å². The van der Waals surface area contributed by atoms with E-state index in [0.29, 0.717) is 12.8 Å². The average Bonchev–Trinajstić information content (AvgIpc) is 2.72. The predicted molar refractivity (Wildman–Crippen MR) is 118 cm³/mol. The molecule has 1 rings (SSSR count). The molecule has 1 heterocycles. The second kappa shape index (κ2) is 16.9. The fourth-order valence-corrected chi connectivity index (χ4v) is 3.99. The van der Waals surface area contributed by atoms with Crippen LogP contribution >= 0.6 is 0 Å². The van der Waals surface area contributed by atoms with Gasteiger partial charge < -0.3 is 9.80 Å². The smallest absolute Gasteiger partial charge is 0.222 e. The first-order valence-electron chi connectivity index (χ1n) is 12.2. The number of carbonyl (C=O) groups excluding carboxylic acids is 2. The molecule has 4 heteroatoms. The van der Waals surface area contributed by atoms with Gasteiger partial charge in [0.15, 0.2) is 0 Å². The standard InChI is InChI=1S/C24H46N2O2/c1-3-5-7-8-9-10-11-12-13-14-16-18-24(28)26-21-19-25(20-22-26)23(27)17-15-6-4-2/h3-22H2,1-2H3. The molecule has 0 aromatic heterocycles. The van der Waals surface area contributed by atoms with Gasteiger partial charge in [-0.1, -0.05) is 90.9 Å². The highest BCUT2D eigenvalue weighted by atomic mass is 16.2. The van der Waals surface area contributed by atoms with Gasteiger partial charge in [0.05, 0.1) is 0 Å². The van der Waals surface area contributed by atoms with E-state index >= 15 is 0 Å². The van der Waals surface area contributed by atoms with Crippen LogP contribution in [-0.2, 0) is 9.59 Å². The fourth-order valence-electron chi connectivity index (χ4n) is 3.99. The van der Waals surface area contributed by atoms with Crippen LogP contribution in [0.15, 0.2) is 0 Å². The van der Waals surface area contributed by atoms with E-state index in [2.05, 4.69) is 13.8 Å². The molecule has 164 valence electrons. The van der Waals surface area contributed by atoms with E-state index in [9.17, 15) is 9.59 Å². The molecule has 1 aliphatic heterocycles. The quantitative estimate of drug-likeness (QED) is 0.304. The van der Waals surface area contributed by atoms with Crippen molar-refractivity contribution in [2.75, 3.05) is 26.2 Å². The molecular weight excluding hydrogens is 348 g/mol. The third kappa shape index (κ3) is 11.7. The molecule has 1 saturated heterocycles. The van der Waals surface area contributed by atoms with E-state index in [1.165, 1.54) is 64.2 Å². The number of rotatable bonds is 16. The van der Waals surface area contributed by atoms with Crippen LogP contribution in [0, 0.1) is 0 Å². The SMILES string of the molecule is CCCCCCCCCCCCCC(=O)N1CCN(C(=O)CCCCC)CC1. The van der Waals surface area contributed by atoms with Crippen LogP contribution in [0.1, 0.15) is 117 Å². The van der Waals surface area contributed by atoms with Crippen LogP contribution in [0.2, 0.25) is 0 Å². The van der Waals surface area contributed by atoms with Crippen molar-refractivity contribution in [2.45, 2.75) is 117 Å². The fraction of sp³-hybridized carbons (Fsp3) is 0.917. The van der Waals surface area contributed by atoms with Gasteiger partial charge in [0.1, 0.15) is 0 Å². The van der Waals surface area contributed by atoms with Crippen molar-refractivity contribution in [2.24, 2.45) is 0 Å². The lowest BCUT2D eigenvalue weighted by Gasteiger charge is -2.35. The molecule has 0 unspecified atom stereocenters. The van der Waals surface area contributed by atoms with Crippen LogP contribution in [0.3, 0.4) is 0 Å². The van der Waals surface area contributed by atoms with Gasteiger partial charge in [-0.25, -0.2) is 0 Å². The van der Waals surface area contributed by atoms with Gasteiger partial charge >= 0.3 is 0 Å². The predicted octanol–water partition coefficient (Wildman–Crippen LogP) is 5.94. The van der Waals surface area contributed by atoms with E-state index in [4.69, 9.17) is 0 Å². The number of amides is 2. The molecule has 0 bridgehead atoms. The number of unbranched alkanes of at least 4 members (excludes halogenated alkanes) is 12. The summed E-state index contributed by atoms with van der Waals surface area (Å²) in [4.78, 5) is 28.4. The zero-order chi connectivity index (χ0) is 20.5. The first-order chi connectivity index (χ1) is 13.7. The summed E-state index contributed by atoms with van der Waals surface area (Å²) in [6.45, 7) is 7.29. The molecule has 0 N–H and O–H groups in total. The zero-order valence-corrected chi connectivity index (χ0v) is 18.9. The lowest BCUT2D eigenvalue weighted by molar-refractivity contribution is -0.139. The van der Waals surface area contributed by atoms with E-state index in [1.54, 1.807) is 0 Å². The van der Waals surface area contributed by atoms with Crippen LogP contribution < -0.4 is 0 Å². The maximum Gasteiger partial charge on any atom is 0.222 e. The zero-order valence-electron chi connectivity index (χ0n) is 18.9. The van der Waals surface area contributed by atoms with Crippen molar-refractivity contribution < 1.29 is 9.59 Å². The summed E-state index contributed by atoms with van der Waals surface area (Å²) in [5, 5.41) is 0. The summed E-state index contributed by atoms with van der Waals surface area (Å²) in [6, 6.07) is 0. The lowest BCUT2D eigenvalue weighted by atomic mass is 10.1. The molecule has 1 fully saturated rings. The average molecular weight is 395 g/mol. The van der Waals surface area contributed by atoms with E-state index < -0.39 is 0 Å². The van der Waals surface area contributed by atoms with Gasteiger partial charge in [-0.05, 0) is 12.8 Å². The maximum atomic E-state index is 12.4. The Morgan fingerprint density at radius 2 is 0.786 bits per heavy atom. The Balaban J connectivity index is 1.97. The summed E-state index contributed by atoms with van der Waals surface area (Å²) < 4.78 is 0. The number of hydrogen-bond acceptors (Lipinski definition) is 2. The minimum absolute atomic E-state index is 0.269. The molecular formula is C24H46N2O2. The van der Waals surface area contributed by atoms with E-state index in [-0.39, 0.29) is 11.8 Å². The third-order valence-corrected chi connectivity index (χ3v) is 5.97. The normalized spacial score (nSPS) is 14.5. The van der Waals surface area contributed by atoms with Gasteiger partial charge in [0.25, 0.3) is 0 Å². The molecule has 0 saturated carbocycles. The number of hydrogen-bond donors (Lipinski definition) is 0. The van der Waals surface area contributed by atoms with Crippen molar-refractivity contribution in [1.29, 1.82) is 0 Å². The second-order valence-corrected chi connectivity index (χ2v) is 8.50. The van der Waals surface area contributed by atoms with Crippen LogP contribution in [0.5, 0.6) is 0 Å². The molecule has 0 atom stereocenters.